The van der Waals surface area contributed by atoms with Crippen LogP contribution in [0.15, 0.2) is 72.3 Å². The number of para-hydroxylation sites is 1. The molecule has 1 unspecified atom stereocenters. The molecule has 0 radical (unpaired) electrons. The Hall–Kier alpha value is -4.13. The molecule has 1 amide bonds. The van der Waals surface area contributed by atoms with Gasteiger partial charge in [0.05, 0.1) is 31.9 Å². The summed E-state index contributed by atoms with van der Waals surface area (Å²) in [6, 6.07) is 17.5. The standard InChI is InChI=1S/C28H26FNO5/c1-4-35-21-10-7-9-18(15-21)25-24(26(31)19-12-13-22(29)17(2)14-19)27(32)28(33)30(25)16-20-8-5-6-11-23(20)34-3/h5-15,25,31H,4,16H2,1-3H3/b26-24-. The predicted molar refractivity (Wildman–Crippen MR) is 130 cm³/mol. The van der Waals surface area contributed by atoms with Crippen LogP contribution in [0.2, 0.25) is 0 Å². The molecular formula is C28H26FNO5. The van der Waals surface area contributed by atoms with E-state index in [4.69, 9.17) is 9.47 Å². The third-order valence-electron chi connectivity index (χ3n) is 5.99. The lowest BCUT2D eigenvalue weighted by molar-refractivity contribution is -0.140. The van der Waals surface area contributed by atoms with E-state index < -0.39 is 23.5 Å². The van der Waals surface area contributed by atoms with Crippen LogP contribution in [0.5, 0.6) is 11.5 Å². The maximum Gasteiger partial charge on any atom is 0.295 e. The molecule has 1 aliphatic heterocycles. The first-order chi connectivity index (χ1) is 16.8. The van der Waals surface area contributed by atoms with Gasteiger partial charge in [0.25, 0.3) is 11.7 Å². The molecule has 1 aliphatic rings. The molecule has 4 rings (SSSR count). The van der Waals surface area contributed by atoms with E-state index in [9.17, 15) is 19.1 Å². The molecule has 35 heavy (non-hydrogen) atoms. The number of aliphatic hydroxyl groups is 1. The number of nitrogens with zero attached hydrogens (tertiary/aromatic N) is 1. The molecule has 1 N–H and O–H groups in total. The van der Waals surface area contributed by atoms with E-state index in [1.54, 1.807) is 37.3 Å². The second kappa shape index (κ2) is 10.0. The average molecular weight is 476 g/mol. The fraction of sp³-hybridized carbons (Fsp3) is 0.214. The van der Waals surface area contributed by atoms with Gasteiger partial charge in [-0.1, -0.05) is 30.3 Å². The average Bonchev–Trinajstić information content (AvgIpc) is 3.11. The number of ether oxygens (including phenoxy) is 2. The summed E-state index contributed by atoms with van der Waals surface area (Å²) in [5, 5.41) is 11.2. The Morgan fingerprint density at radius 3 is 2.54 bits per heavy atom. The fourth-order valence-electron chi connectivity index (χ4n) is 4.30. The van der Waals surface area contributed by atoms with E-state index >= 15 is 0 Å². The molecule has 3 aromatic rings. The van der Waals surface area contributed by atoms with Crippen molar-refractivity contribution < 1.29 is 28.6 Å². The largest absolute Gasteiger partial charge is 0.507 e. The second-order valence-corrected chi connectivity index (χ2v) is 8.21. The van der Waals surface area contributed by atoms with Crippen LogP contribution in [0.3, 0.4) is 0 Å². The highest BCUT2D eigenvalue weighted by Crippen LogP contribution is 2.41. The molecule has 180 valence electrons. The Bertz CT molecular complexity index is 1320. The summed E-state index contributed by atoms with van der Waals surface area (Å²) in [6.07, 6.45) is 0. The molecule has 0 aliphatic carbocycles. The minimum absolute atomic E-state index is 0.0652. The number of hydrogen-bond donors (Lipinski definition) is 1. The summed E-state index contributed by atoms with van der Waals surface area (Å²) in [5.74, 6) is -1.20. The highest BCUT2D eigenvalue weighted by molar-refractivity contribution is 6.46. The van der Waals surface area contributed by atoms with Gasteiger partial charge in [0, 0.05) is 11.1 Å². The molecule has 3 aromatic carbocycles. The van der Waals surface area contributed by atoms with E-state index in [0.717, 1.165) is 0 Å². The van der Waals surface area contributed by atoms with Crippen molar-refractivity contribution in [1.29, 1.82) is 0 Å². The topological polar surface area (TPSA) is 76.1 Å². The Balaban J connectivity index is 1.89. The van der Waals surface area contributed by atoms with Gasteiger partial charge in [-0.15, -0.1) is 0 Å². The normalized spacial score (nSPS) is 17.0. The first-order valence-electron chi connectivity index (χ1n) is 11.2. The van der Waals surface area contributed by atoms with Crippen molar-refractivity contribution in [3.63, 3.8) is 0 Å². The maximum absolute atomic E-state index is 13.9. The van der Waals surface area contributed by atoms with Crippen LogP contribution in [0.1, 0.15) is 35.2 Å². The first kappa shape index (κ1) is 24.0. The lowest BCUT2D eigenvalue weighted by Crippen LogP contribution is -2.29. The van der Waals surface area contributed by atoms with Gasteiger partial charge in [0.1, 0.15) is 23.1 Å². The van der Waals surface area contributed by atoms with Crippen molar-refractivity contribution in [1.82, 2.24) is 4.90 Å². The van der Waals surface area contributed by atoms with E-state index in [2.05, 4.69) is 0 Å². The maximum atomic E-state index is 13.9. The molecule has 1 heterocycles. The van der Waals surface area contributed by atoms with Crippen molar-refractivity contribution in [2.24, 2.45) is 0 Å². The number of rotatable bonds is 7. The Kier molecular flexibility index (Phi) is 6.87. The van der Waals surface area contributed by atoms with E-state index in [-0.39, 0.29) is 23.4 Å². The van der Waals surface area contributed by atoms with Gasteiger partial charge in [0.15, 0.2) is 0 Å². The fourth-order valence-corrected chi connectivity index (χ4v) is 4.30. The second-order valence-electron chi connectivity index (χ2n) is 8.21. The van der Waals surface area contributed by atoms with E-state index in [1.807, 2.05) is 25.1 Å². The van der Waals surface area contributed by atoms with Gasteiger partial charge < -0.3 is 19.5 Å². The summed E-state index contributed by atoms with van der Waals surface area (Å²) in [7, 11) is 1.53. The van der Waals surface area contributed by atoms with Crippen molar-refractivity contribution >= 4 is 17.4 Å². The molecule has 0 spiro atoms. The van der Waals surface area contributed by atoms with Crippen LogP contribution >= 0.6 is 0 Å². The van der Waals surface area contributed by atoms with Gasteiger partial charge in [-0.2, -0.15) is 0 Å². The van der Waals surface area contributed by atoms with Crippen LogP contribution in [0.4, 0.5) is 4.39 Å². The summed E-state index contributed by atoms with van der Waals surface area (Å²) in [6.45, 7) is 3.95. The SMILES string of the molecule is CCOc1cccc(C2/C(=C(/O)c3ccc(F)c(C)c3)C(=O)C(=O)N2Cc2ccccc2OC)c1. The summed E-state index contributed by atoms with van der Waals surface area (Å²) < 4.78 is 24.9. The number of halogens is 1. The highest BCUT2D eigenvalue weighted by atomic mass is 19.1. The van der Waals surface area contributed by atoms with Gasteiger partial charge in [-0.25, -0.2) is 4.39 Å². The third kappa shape index (κ3) is 4.62. The van der Waals surface area contributed by atoms with E-state index in [0.29, 0.717) is 34.8 Å². The lowest BCUT2D eigenvalue weighted by atomic mass is 9.94. The third-order valence-corrected chi connectivity index (χ3v) is 5.99. The number of Topliss-reactive ketones (excluding diaryl/α,β-unsaturated/α-hetero) is 1. The Morgan fingerprint density at radius 2 is 1.83 bits per heavy atom. The summed E-state index contributed by atoms with van der Waals surface area (Å²) in [5.41, 5.74) is 1.81. The van der Waals surface area contributed by atoms with Crippen LogP contribution in [-0.4, -0.2) is 35.4 Å². The number of benzene rings is 3. The molecule has 7 heteroatoms. The number of carbonyl (C=O) groups excluding carboxylic acids is 2. The number of hydrogen-bond acceptors (Lipinski definition) is 5. The van der Waals surface area contributed by atoms with Crippen molar-refractivity contribution in [3.05, 3.63) is 100 Å². The molecule has 0 saturated carbocycles. The monoisotopic (exact) mass is 475 g/mol. The Labute approximate surface area is 203 Å². The predicted octanol–water partition coefficient (Wildman–Crippen LogP) is 5.16. The Morgan fingerprint density at radius 1 is 1.06 bits per heavy atom. The zero-order valence-electron chi connectivity index (χ0n) is 19.7. The zero-order valence-corrected chi connectivity index (χ0v) is 19.7. The highest BCUT2D eigenvalue weighted by Gasteiger charge is 2.46. The molecule has 0 bridgehead atoms. The number of aryl methyl sites for hydroxylation is 1. The van der Waals surface area contributed by atoms with Crippen molar-refractivity contribution in [3.8, 4) is 11.5 Å². The molecule has 1 saturated heterocycles. The molecular weight excluding hydrogens is 449 g/mol. The van der Waals surface area contributed by atoms with Crippen LogP contribution < -0.4 is 9.47 Å². The summed E-state index contributed by atoms with van der Waals surface area (Å²) in [4.78, 5) is 28.0. The van der Waals surface area contributed by atoms with Crippen molar-refractivity contribution in [2.75, 3.05) is 13.7 Å². The van der Waals surface area contributed by atoms with Crippen LogP contribution in [-0.2, 0) is 16.1 Å². The van der Waals surface area contributed by atoms with Crippen LogP contribution in [0.25, 0.3) is 5.76 Å². The summed E-state index contributed by atoms with van der Waals surface area (Å²) >= 11 is 0. The van der Waals surface area contributed by atoms with Gasteiger partial charge >= 0.3 is 0 Å². The minimum Gasteiger partial charge on any atom is -0.507 e. The smallest absolute Gasteiger partial charge is 0.295 e. The minimum atomic E-state index is -0.884. The zero-order chi connectivity index (χ0) is 25.1. The number of aliphatic hydroxyl groups excluding tert-OH is 1. The van der Waals surface area contributed by atoms with Crippen molar-refractivity contribution in [2.45, 2.75) is 26.4 Å². The lowest BCUT2D eigenvalue weighted by Gasteiger charge is -2.26. The van der Waals surface area contributed by atoms with Gasteiger partial charge in [0.2, 0.25) is 0 Å². The number of likely N-dealkylation sites (tertiary alicyclic amines) is 1. The van der Waals surface area contributed by atoms with Gasteiger partial charge in [-0.05, 0) is 61.4 Å². The number of amides is 1. The molecule has 1 fully saturated rings. The number of ketones is 1. The molecule has 6 nitrogen and oxygen atoms in total. The molecule has 0 aromatic heterocycles. The number of carbonyl (C=O) groups is 2. The first-order valence-corrected chi connectivity index (χ1v) is 11.2. The quantitative estimate of drug-likeness (QED) is 0.290. The van der Waals surface area contributed by atoms with Crippen LogP contribution in [0, 0.1) is 12.7 Å². The van der Waals surface area contributed by atoms with E-state index in [1.165, 1.54) is 30.2 Å². The number of methoxy groups -OCH3 is 1. The van der Waals surface area contributed by atoms with Gasteiger partial charge in [-0.3, -0.25) is 9.59 Å². The molecule has 1 atom stereocenters.